The van der Waals surface area contributed by atoms with Gasteiger partial charge in [-0.3, -0.25) is 9.59 Å². The Bertz CT molecular complexity index is 377. The molecule has 1 unspecified atom stereocenters. The van der Waals surface area contributed by atoms with Gasteiger partial charge in [-0.05, 0) is 24.8 Å². The topological polar surface area (TPSA) is 89.4 Å². The van der Waals surface area contributed by atoms with Crippen LogP contribution >= 0.6 is 0 Å². The van der Waals surface area contributed by atoms with Gasteiger partial charge in [0.15, 0.2) is 0 Å². The molecule has 92 valence electrons. The molecule has 0 spiro atoms. The zero-order valence-electron chi connectivity index (χ0n) is 9.58. The molecule has 0 saturated carbocycles. The molecule has 7 nitrogen and oxygen atoms in total. The van der Waals surface area contributed by atoms with Crippen LogP contribution in [0.3, 0.4) is 0 Å². The van der Waals surface area contributed by atoms with Gasteiger partial charge < -0.3 is 9.80 Å². The van der Waals surface area contributed by atoms with Crippen molar-refractivity contribution < 1.29 is 9.59 Å². The van der Waals surface area contributed by atoms with Crippen LogP contribution in [0.15, 0.2) is 5.11 Å². The van der Waals surface area contributed by atoms with Gasteiger partial charge in [0.25, 0.3) is 0 Å². The first kappa shape index (κ1) is 11.7. The van der Waals surface area contributed by atoms with E-state index in [1.54, 1.807) is 9.80 Å². The highest BCUT2D eigenvalue weighted by atomic mass is 16.2. The Kier molecular flexibility index (Phi) is 3.49. The standard InChI is InChI=1S/C10H15N5O2/c11-13-12-4-2-5-14-7-9(16)15-6-1-3-8(15)10(14)17/h8H,1-7H2. The summed E-state index contributed by atoms with van der Waals surface area (Å²) in [7, 11) is 0. The molecule has 2 heterocycles. The maximum Gasteiger partial charge on any atom is 0.245 e. The van der Waals surface area contributed by atoms with Crippen molar-refractivity contribution in [2.24, 2.45) is 5.11 Å². The predicted octanol–water partition coefficient (Wildman–Crippen LogP) is 0.520. The number of carbonyl (C=O) groups is 2. The van der Waals surface area contributed by atoms with Gasteiger partial charge in [0, 0.05) is 24.5 Å². The fourth-order valence-corrected chi connectivity index (χ4v) is 2.43. The fourth-order valence-electron chi connectivity index (χ4n) is 2.43. The summed E-state index contributed by atoms with van der Waals surface area (Å²) in [6, 6.07) is -0.240. The van der Waals surface area contributed by atoms with Crippen molar-refractivity contribution in [3.05, 3.63) is 10.4 Å². The lowest BCUT2D eigenvalue weighted by atomic mass is 10.1. The van der Waals surface area contributed by atoms with Crippen LogP contribution in [0, 0.1) is 0 Å². The number of azide groups is 1. The van der Waals surface area contributed by atoms with Crippen LogP contribution in [-0.2, 0) is 9.59 Å². The highest BCUT2D eigenvalue weighted by Crippen LogP contribution is 2.23. The lowest BCUT2D eigenvalue weighted by molar-refractivity contribution is -0.153. The third-order valence-electron chi connectivity index (χ3n) is 3.25. The first-order valence-corrected chi connectivity index (χ1v) is 5.83. The largest absolute Gasteiger partial charge is 0.332 e. The molecule has 2 saturated heterocycles. The zero-order valence-corrected chi connectivity index (χ0v) is 9.58. The summed E-state index contributed by atoms with van der Waals surface area (Å²) in [5.41, 5.74) is 8.14. The van der Waals surface area contributed by atoms with Gasteiger partial charge in [-0.15, -0.1) is 0 Å². The molecule has 0 aromatic carbocycles. The van der Waals surface area contributed by atoms with E-state index < -0.39 is 0 Å². The van der Waals surface area contributed by atoms with E-state index >= 15 is 0 Å². The molecule has 0 N–H and O–H groups in total. The number of hydrogen-bond acceptors (Lipinski definition) is 3. The van der Waals surface area contributed by atoms with E-state index in [2.05, 4.69) is 10.0 Å². The zero-order chi connectivity index (χ0) is 12.3. The van der Waals surface area contributed by atoms with Gasteiger partial charge in [0.05, 0.1) is 6.54 Å². The summed E-state index contributed by atoms with van der Waals surface area (Å²) in [5, 5.41) is 3.41. The Balaban J connectivity index is 1.92. The highest BCUT2D eigenvalue weighted by Gasteiger charge is 2.41. The molecule has 0 radical (unpaired) electrons. The third kappa shape index (κ3) is 2.34. The van der Waals surface area contributed by atoms with Gasteiger partial charge in [-0.2, -0.15) is 0 Å². The van der Waals surface area contributed by atoms with Crippen molar-refractivity contribution in [2.45, 2.75) is 25.3 Å². The number of carbonyl (C=O) groups excluding carboxylic acids is 2. The van der Waals surface area contributed by atoms with E-state index in [1.165, 1.54) is 0 Å². The van der Waals surface area contributed by atoms with Gasteiger partial charge in [-0.1, -0.05) is 5.11 Å². The molecule has 0 aromatic rings. The number of fused-ring (bicyclic) bond motifs is 1. The number of hydrogen-bond donors (Lipinski definition) is 0. The molecule has 0 bridgehead atoms. The monoisotopic (exact) mass is 237 g/mol. The Morgan fingerprint density at radius 1 is 1.47 bits per heavy atom. The molecule has 2 amide bonds. The molecule has 7 heteroatoms. The first-order chi connectivity index (χ1) is 8.24. The highest BCUT2D eigenvalue weighted by molar-refractivity contribution is 5.95. The number of amides is 2. The van der Waals surface area contributed by atoms with Crippen LogP contribution in [0.2, 0.25) is 0 Å². The molecule has 2 aliphatic heterocycles. The summed E-state index contributed by atoms with van der Waals surface area (Å²) >= 11 is 0. The van der Waals surface area contributed by atoms with Gasteiger partial charge in [0.1, 0.15) is 6.04 Å². The number of piperazine rings is 1. The van der Waals surface area contributed by atoms with Crippen molar-refractivity contribution in [1.82, 2.24) is 9.80 Å². The average Bonchev–Trinajstić information content (AvgIpc) is 2.80. The number of rotatable bonds is 4. The summed E-state index contributed by atoms with van der Waals surface area (Å²) in [4.78, 5) is 29.7. The van der Waals surface area contributed by atoms with E-state index in [0.717, 1.165) is 12.8 Å². The van der Waals surface area contributed by atoms with Crippen LogP contribution in [0.25, 0.3) is 10.4 Å². The molecular formula is C10H15N5O2. The summed E-state index contributed by atoms with van der Waals surface area (Å²) in [6.45, 7) is 1.74. The van der Waals surface area contributed by atoms with Crippen molar-refractivity contribution in [1.29, 1.82) is 0 Å². The minimum Gasteiger partial charge on any atom is -0.332 e. The van der Waals surface area contributed by atoms with E-state index in [-0.39, 0.29) is 24.4 Å². The molecule has 0 aromatic heterocycles. The maximum absolute atomic E-state index is 12.0. The lowest BCUT2D eigenvalue weighted by Gasteiger charge is -2.36. The predicted molar refractivity (Wildman–Crippen MR) is 59.9 cm³/mol. The average molecular weight is 237 g/mol. The van der Waals surface area contributed by atoms with Gasteiger partial charge in [0.2, 0.25) is 11.8 Å². The van der Waals surface area contributed by atoms with Crippen molar-refractivity contribution >= 4 is 11.8 Å². The molecule has 2 aliphatic rings. The Morgan fingerprint density at radius 3 is 3.06 bits per heavy atom. The smallest absolute Gasteiger partial charge is 0.245 e. The second-order valence-electron chi connectivity index (χ2n) is 4.31. The normalized spacial score (nSPS) is 23.6. The minimum absolute atomic E-state index is 0.0379. The van der Waals surface area contributed by atoms with Gasteiger partial charge >= 0.3 is 0 Å². The van der Waals surface area contributed by atoms with E-state index in [9.17, 15) is 9.59 Å². The van der Waals surface area contributed by atoms with Gasteiger partial charge in [-0.25, -0.2) is 0 Å². The van der Waals surface area contributed by atoms with Crippen LogP contribution < -0.4 is 0 Å². The fraction of sp³-hybridized carbons (Fsp3) is 0.800. The summed E-state index contributed by atoms with van der Waals surface area (Å²) < 4.78 is 0. The van der Waals surface area contributed by atoms with Crippen LogP contribution in [-0.4, -0.2) is 53.8 Å². The third-order valence-corrected chi connectivity index (χ3v) is 3.25. The van der Waals surface area contributed by atoms with Crippen LogP contribution in [0.4, 0.5) is 0 Å². The Labute approximate surface area is 99.0 Å². The maximum atomic E-state index is 12.0. The SMILES string of the molecule is [N-]=[N+]=NCCCN1CC(=O)N2CCCC2C1=O. The van der Waals surface area contributed by atoms with Crippen LogP contribution in [0.5, 0.6) is 0 Å². The van der Waals surface area contributed by atoms with Crippen molar-refractivity contribution in [3.8, 4) is 0 Å². The molecular weight excluding hydrogens is 222 g/mol. The Hall–Kier alpha value is -1.75. The quantitative estimate of drug-likeness (QED) is 0.309. The summed E-state index contributed by atoms with van der Waals surface area (Å²) in [6.07, 6.45) is 2.29. The minimum atomic E-state index is -0.240. The van der Waals surface area contributed by atoms with Crippen LogP contribution in [0.1, 0.15) is 19.3 Å². The Morgan fingerprint density at radius 2 is 2.29 bits per heavy atom. The van der Waals surface area contributed by atoms with E-state index in [0.29, 0.717) is 26.1 Å². The first-order valence-electron chi connectivity index (χ1n) is 5.83. The summed E-state index contributed by atoms with van der Waals surface area (Å²) in [5.74, 6) is 0.0823. The molecule has 17 heavy (non-hydrogen) atoms. The van der Waals surface area contributed by atoms with Crippen molar-refractivity contribution in [3.63, 3.8) is 0 Å². The molecule has 1 atom stereocenters. The van der Waals surface area contributed by atoms with Crippen molar-refractivity contribution in [2.75, 3.05) is 26.2 Å². The van der Waals surface area contributed by atoms with E-state index in [1.807, 2.05) is 0 Å². The molecule has 2 rings (SSSR count). The molecule has 0 aliphatic carbocycles. The second kappa shape index (κ2) is 5.05. The second-order valence-corrected chi connectivity index (χ2v) is 4.31. The lowest BCUT2D eigenvalue weighted by Crippen LogP contribution is -2.57. The molecule has 2 fully saturated rings. The number of nitrogens with zero attached hydrogens (tertiary/aromatic N) is 5. The van der Waals surface area contributed by atoms with E-state index in [4.69, 9.17) is 5.53 Å².